The van der Waals surface area contributed by atoms with Gasteiger partial charge in [0.1, 0.15) is 27.7 Å². The molecule has 1 saturated carbocycles. The zero-order valence-corrected chi connectivity index (χ0v) is 21.1. The number of carbonyl (C=O) groups excluding carboxylic acids is 2. The zero-order chi connectivity index (χ0) is 27.6. The standard InChI is InChI=1S/C22H14BrF6N5O3S/c23-14-16(8-3-4-8)34(33-18(14)22(27,28)29)7-12(35)32-15-13-9(10-2-1-5-37-10)6-11(21(24,25)26)31-20(13)38-17(15)19(30)36/h1-2,5-6,8H,3-4,7H2,(H2,30,36)(H,32,35). The largest absolute Gasteiger partial charge is 0.464 e. The number of fused-ring (bicyclic) bond motifs is 1. The van der Waals surface area contributed by atoms with Gasteiger partial charge in [0, 0.05) is 16.9 Å². The number of amides is 2. The first-order valence-corrected chi connectivity index (χ1v) is 12.4. The molecule has 0 saturated heterocycles. The van der Waals surface area contributed by atoms with Crippen LogP contribution in [-0.2, 0) is 23.7 Å². The van der Waals surface area contributed by atoms with Gasteiger partial charge < -0.3 is 15.5 Å². The van der Waals surface area contributed by atoms with Crippen molar-refractivity contribution in [2.24, 2.45) is 5.73 Å². The number of rotatable bonds is 6. The van der Waals surface area contributed by atoms with E-state index in [1.807, 2.05) is 0 Å². The lowest BCUT2D eigenvalue weighted by molar-refractivity contribution is -0.142. The fourth-order valence-corrected chi connectivity index (χ4v) is 5.82. The third-order valence-electron chi connectivity index (χ3n) is 5.68. The number of alkyl halides is 6. The average Bonchev–Trinajstić information content (AvgIpc) is 3.22. The monoisotopic (exact) mass is 621 g/mol. The second-order valence-corrected chi connectivity index (χ2v) is 10.2. The van der Waals surface area contributed by atoms with E-state index in [2.05, 4.69) is 31.3 Å². The van der Waals surface area contributed by atoms with Crippen LogP contribution in [0.3, 0.4) is 0 Å². The molecule has 2 amide bonds. The number of primary amides is 1. The smallest absolute Gasteiger partial charge is 0.436 e. The molecule has 38 heavy (non-hydrogen) atoms. The van der Waals surface area contributed by atoms with Crippen molar-refractivity contribution < 1.29 is 40.3 Å². The summed E-state index contributed by atoms with van der Waals surface area (Å²) < 4.78 is 86.8. The average molecular weight is 622 g/mol. The lowest BCUT2D eigenvalue weighted by atomic mass is 10.1. The van der Waals surface area contributed by atoms with Gasteiger partial charge in [-0.2, -0.15) is 31.4 Å². The minimum absolute atomic E-state index is 0.00550. The Kier molecular flexibility index (Phi) is 6.29. The minimum atomic E-state index is -4.83. The minimum Gasteiger partial charge on any atom is -0.464 e. The quantitative estimate of drug-likeness (QED) is 0.250. The lowest BCUT2D eigenvalue weighted by Crippen LogP contribution is -2.23. The van der Waals surface area contributed by atoms with Crippen LogP contribution in [0.1, 0.15) is 45.5 Å². The first kappa shape index (κ1) is 26.2. The number of hydrogen-bond acceptors (Lipinski definition) is 6. The van der Waals surface area contributed by atoms with Crippen molar-refractivity contribution >= 4 is 55.0 Å². The number of furan rings is 1. The Bertz CT molecular complexity index is 1570. The summed E-state index contributed by atoms with van der Waals surface area (Å²) in [7, 11) is 0. The van der Waals surface area contributed by atoms with Gasteiger partial charge in [-0.05, 0) is 47.0 Å². The molecule has 0 aromatic carbocycles. The predicted octanol–water partition coefficient (Wildman–Crippen LogP) is 6.17. The third-order valence-corrected chi connectivity index (χ3v) is 7.56. The number of carbonyl (C=O) groups is 2. The Balaban J connectivity index is 1.59. The zero-order valence-electron chi connectivity index (χ0n) is 18.7. The second kappa shape index (κ2) is 9.11. The number of nitrogens with two attached hydrogens (primary N) is 1. The molecule has 1 aliphatic carbocycles. The summed E-state index contributed by atoms with van der Waals surface area (Å²) in [5.41, 5.74) is 2.84. The van der Waals surface area contributed by atoms with Crippen LogP contribution in [-0.4, -0.2) is 26.6 Å². The topological polar surface area (TPSA) is 116 Å². The molecule has 0 aliphatic heterocycles. The molecule has 5 rings (SSSR count). The number of anilines is 1. The van der Waals surface area contributed by atoms with Crippen LogP contribution in [0.25, 0.3) is 21.5 Å². The summed E-state index contributed by atoms with van der Waals surface area (Å²) in [5, 5.41) is 5.96. The Morgan fingerprint density at radius 3 is 2.47 bits per heavy atom. The maximum atomic E-state index is 13.5. The molecule has 1 aliphatic rings. The number of thiophene rings is 1. The van der Waals surface area contributed by atoms with Crippen molar-refractivity contribution in [3.63, 3.8) is 0 Å². The normalized spacial score (nSPS) is 14.3. The molecule has 3 N–H and O–H groups in total. The Morgan fingerprint density at radius 2 is 1.92 bits per heavy atom. The van der Waals surface area contributed by atoms with Crippen LogP contribution >= 0.6 is 27.3 Å². The van der Waals surface area contributed by atoms with Gasteiger partial charge in [-0.25, -0.2) is 4.98 Å². The van der Waals surface area contributed by atoms with E-state index in [4.69, 9.17) is 10.2 Å². The van der Waals surface area contributed by atoms with E-state index in [0.717, 1.165) is 4.68 Å². The predicted molar refractivity (Wildman–Crippen MR) is 126 cm³/mol. The summed E-state index contributed by atoms with van der Waals surface area (Å²) in [6, 6.07) is 3.52. The third kappa shape index (κ3) is 4.77. The molecule has 0 unspecified atom stereocenters. The van der Waals surface area contributed by atoms with Crippen LogP contribution in [0.15, 0.2) is 33.4 Å². The molecule has 0 radical (unpaired) electrons. The molecule has 1 fully saturated rings. The van der Waals surface area contributed by atoms with E-state index in [0.29, 0.717) is 30.2 Å². The highest BCUT2D eigenvalue weighted by atomic mass is 79.9. The van der Waals surface area contributed by atoms with Crippen molar-refractivity contribution in [1.29, 1.82) is 0 Å². The van der Waals surface area contributed by atoms with Gasteiger partial charge in [0.25, 0.3) is 5.91 Å². The van der Waals surface area contributed by atoms with Crippen LogP contribution in [0, 0.1) is 0 Å². The molecule has 0 spiro atoms. The van der Waals surface area contributed by atoms with Gasteiger partial charge in [-0.3, -0.25) is 14.3 Å². The summed E-state index contributed by atoms with van der Waals surface area (Å²) in [6.07, 6.45) is -7.15. The summed E-state index contributed by atoms with van der Waals surface area (Å²) in [6.45, 7) is -0.666. The molecular weight excluding hydrogens is 608 g/mol. The fourth-order valence-electron chi connectivity index (χ4n) is 3.98. The Hall–Kier alpha value is -3.40. The molecule has 4 aromatic rings. The Labute approximate surface area is 220 Å². The second-order valence-electron chi connectivity index (χ2n) is 8.41. The fraction of sp³-hybridized carbons (Fsp3) is 0.273. The molecule has 0 bridgehead atoms. The molecule has 4 aromatic heterocycles. The molecule has 0 atom stereocenters. The van der Waals surface area contributed by atoms with Crippen molar-refractivity contribution in [1.82, 2.24) is 14.8 Å². The number of nitrogens with one attached hydrogen (secondary N) is 1. The van der Waals surface area contributed by atoms with E-state index < -0.39 is 42.1 Å². The maximum Gasteiger partial charge on any atom is 0.436 e. The maximum absolute atomic E-state index is 13.5. The van der Waals surface area contributed by atoms with Gasteiger partial charge in [0.15, 0.2) is 5.69 Å². The molecule has 8 nitrogen and oxygen atoms in total. The van der Waals surface area contributed by atoms with Gasteiger partial charge in [0.2, 0.25) is 5.91 Å². The van der Waals surface area contributed by atoms with Gasteiger partial charge in [0.05, 0.1) is 22.1 Å². The highest BCUT2D eigenvalue weighted by Crippen LogP contribution is 2.47. The van der Waals surface area contributed by atoms with Gasteiger partial charge in [-0.15, -0.1) is 11.3 Å². The van der Waals surface area contributed by atoms with Gasteiger partial charge >= 0.3 is 12.4 Å². The highest BCUT2D eigenvalue weighted by Gasteiger charge is 2.42. The van der Waals surface area contributed by atoms with E-state index in [9.17, 15) is 35.9 Å². The number of hydrogen-bond donors (Lipinski definition) is 2. The van der Waals surface area contributed by atoms with Crippen LogP contribution in [0.5, 0.6) is 0 Å². The van der Waals surface area contributed by atoms with Crippen LogP contribution in [0.4, 0.5) is 32.0 Å². The van der Waals surface area contributed by atoms with Crippen molar-refractivity contribution in [3.05, 3.63) is 50.9 Å². The van der Waals surface area contributed by atoms with Crippen molar-refractivity contribution in [2.75, 3.05) is 5.32 Å². The SMILES string of the molecule is NC(=O)c1sc2nc(C(F)(F)F)cc(-c3ccco3)c2c1NC(=O)Cn1nc(C(F)(F)F)c(Br)c1C1CC1. The van der Waals surface area contributed by atoms with Crippen molar-refractivity contribution in [2.45, 2.75) is 37.7 Å². The first-order chi connectivity index (χ1) is 17.8. The van der Waals surface area contributed by atoms with Crippen molar-refractivity contribution in [3.8, 4) is 11.3 Å². The number of halogens is 7. The van der Waals surface area contributed by atoms with E-state index in [1.165, 1.54) is 18.4 Å². The summed E-state index contributed by atoms with van der Waals surface area (Å²) >= 11 is 3.47. The first-order valence-electron chi connectivity index (χ1n) is 10.8. The molecule has 16 heteroatoms. The van der Waals surface area contributed by atoms with E-state index in [1.54, 1.807) is 0 Å². The number of nitrogens with zero attached hydrogens (tertiary/aromatic N) is 3. The van der Waals surface area contributed by atoms with Gasteiger partial charge in [-0.1, -0.05) is 0 Å². The van der Waals surface area contributed by atoms with Crippen LogP contribution < -0.4 is 11.1 Å². The number of aromatic nitrogens is 3. The number of pyridine rings is 1. The lowest BCUT2D eigenvalue weighted by Gasteiger charge is -2.12. The molecule has 4 heterocycles. The highest BCUT2D eigenvalue weighted by molar-refractivity contribution is 9.10. The van der Waals surface area contributed by atoms with E-state index >= 15 is 0 Å². The summed E-state index contributed by atoms with van der Waals surface area (Å²) in [4.78, 5) is 28.3. The van der Waals surface area contributed by atoms with Crippen LogP contribution in [0.2, 0.25) is 0 Å². The summed E-state index contributed by atoms with van der Waals surface area (Å²) in [5.74, 6) is -2.17. The molecular formula is C22H14BrF6N5O3S. The molecule has 200 valence electrons. The Morgan fingerprint density at radius 1 is 1.21 bits per heavy atom. The van der Waals surface area contributed by atoms with E-state index in [-0.39, 0.29) is 48.2 Å².